The SMILES string of the molecule is CCNCc1ccc(S(=O)(=O)Nc2nc(C3CC3)cs2)s1. The molecule has 2 heterocycles. The van der Waals surface area contributed by atoms with Gasteiger partial charge >= 0.3 is 0 Å². The summed E-state index contributed by atoms with van der Waals surface area (Å²) in [6, 6.07) is 3.49. The zero-order valence-electron chi connectivity index (χ0n) is 11.6. The van der Waals surface area contributed by atoms with Crippen LogP contribution in [0.3, 0.4) is 0 Å². The molecule has 0 unspecified atom stereocenters. The van der Waals surface area contributed by atoms with Crippen LogP contribution in [-0.2, 0) is 16.6 Å². The van der Waals surface area contributed by atoms with E-state index >= 15 is 0 Å². The summed E-state index contributed by atoms with van der Waals surface area (Å²) in [7, 11) is -3.52. The molecule has 0 atom stereocenters. The minimum Gasteiger partial charge on any atom is -0.312 e. The second kappa shape index (κ2) is 6.04. The third-order valence-electron chi connectivity index (χ3n) is 3.19. The topological polar surface area (TPSA) is 71.1 Å². The second-order valence-corrected chi connectivity index (χ2v) is 8.89. The van der Waals surface area contributed by atoms with Crippen LogP contribution in [0.1, 0.15) is 36.3 Å². The average Bonchev–Trinajstić information content (AvgIpc) is 3.00. The average molecular weight is 343 g/mol. The summed E-state index contributed by atoms with van der Waals surface area (Å²) in [5.74, 6) is 0.535. The molecule has 8 heteroatoms. The first kappa shape index (κ1) is 15.0. The maximum Gasteiger partial charge on any atom is 0.273 e. The van der Waals surface area contributed by atoms with Gasteiger partial charge in [0.1, 0.15) is 4.21 Å². The normalized spacial score (nSPS) is 15.3. The van der Waals surface area contributed by atoms with Crippen LogP contribution in [0.4, 0.5) is 5.13 Å². The van der Waals surface area contributed by atoms with Crippen molar-refractivity contribution >= 4 is 37.8 Å². The molecule has 0 bridgehead atoms. The van der Waals surface area contributed by atoms with Crippen LogP contribution < -0.4 is 10.0 Å². The summed E-state index contributed by atoms with van der Waals surface area (Å²) < 4.78 is 27.6. The summed E-state index contributed by atoms with van der Waals surface area (Å²) in [5, 5.41) is 5.59. The fourth-order valence-corrected chi connectivity index (χ4v) is 5.28. The van der Waals surface area contributed by atoms with Crippen molar-refractivity contribution < 1.29 is 8.42 Å². The largest absolute Gasteiger partial charge is 0.312 e. The van der Waals surface area contributed by atoms with Crippen LogP contribution in [-0.4, -0.2) is 19.9 Å². The van der Waals surface area contributed by atoms with Gasteiger partial charge in [0.25, 0.3) is 10.0 Å². The van der Waals surface area contributed by atoms with Crippen LogP contribution in [0.5, 0.6) is 0 Å². The number of sulfonamides is 1. The number of hydrogen-bond donors (Lipinski definition) is 2. The predicted molar refractivity (Wildman–Crippen MR) is 86.6 cm³/mol. The summed E-state index contributed by atoms with van der Waals surface area (Å²) >= 11 is 2.64. The first-order valence-electron chi connectivity index (χ1n) is 6.86. The molecule has 2 aromatic heterocycles. The highest BCUT2D eigenvalue weighted by Crippen LogP contribution is 2.41. The zero-order chi connectivity index (χ0) is 14.9. The van der Waals surface area contributed by atoms with Gasteiger partial charge in [-0.2, -0.15) is 0 Å². The van der Waals surface area contributed by atoms with E-state index in [-0.39, 0.29) is 0 Å². The summed E-state index contributed by atoms with van der Waals surface area (Å²) in [4.78, 5) is 5.37. The lowest BCUT2D eigenvalue weighted by atomic mass is 10.3. The monoisotopic (exact) mass is 343 g/mol. The lowest BCUT2D eigenvalue weighted by Crippen LogP contribution is -2.11. The van der Waals surface area contributed by atoms with Crippen molar-refractivity contribution in [2.24, 2.45) is 0 Å². The van der Waals surface area contributed by atoms with Gasteiger partial charge in [-0.25, -0.2) is 13.4 Å². The van der Waals surface area contributed by atoms with Crippen molar-refractivity contribution in [1.29, 1.82) is 0 Å². The van der Waals surface area contributed by atoms with E-state index in [2.05, 4.69) is 15.0 Å². The highest BCUT2D eigenvalue weighted by atomic mass is 32.2. The lowest BCUT2D eigenvalue weighted by molar-refractivity contribution is 0.603. The molecular weight excluding hydrogens is 326 g/mol. The van der Waals surface area contributed by atoms with Crippen molar-refractivity contribution in [3.8, 4) is 0 Å². The molecule has 3 rings (SSSR count). The third kappa shape index (κ3) is 3.63. The first-order chi connectivity index (χ1) is 10.1. The molecule has 5 nitrogen and oxygen atoms in total. The minimum atomic E-state index is -3.52. The molecule has 1 saturated carbocycles. The van der Waals surface area contributed by atoms with Gasteiger partial charge in [-0.15, -0.1) is 22.7 Å². The molecule has 0 aromatic carbocycles. The molecule has 2 N–H and O–H groups in total. The van der Waals surface area contributed by atoms with E-state index < -0.39 is 10.0 Å². The molecule has 0 spiro atoms. The van der Waals surface area contributed by atoms with Crippen LogP contribution in [0, 0.1) is 0 Å². The van der Waals surface area contributed by atoms with Gasteiger partial charge in [-0.1, -0.05) is 6.92 Å². The molecule has 2 aromatic rings. The van der Waals surface area contributed by atoms with Crippen molar-refractivity contribution in [3.63, 3.8) is 0 Å². The van der Waals surface area contributed by atoms with E-state index in [0.717, 1.165) is 30.0 Å². The van der Waals surface area contributed by atoms with Crippen molar-refractivity contribution in [1.82, 2.24) is 10.3 Å². The van der Waals surface area contributed by atoms with E-state index in [1.807, 2.05) is 18.4 Å². The molecule has 114 valence electrons. The number of hydrogen-bond acceptors (Lipinski definition) is 6. The van der Waals surface area contributed by atoms with Gasteiger partial charge < -0.3 is 5.32 Å². The molecule has 21 heavy (non-hydrogen) atoms. The van der Waals surface area contributed by atoms with Crippen LogP contribution >= 0.6 is 22.7 Å². The van der Waals surface area contributed by atoms with Crippen molar-refractivity contribution in [2.45, 2.75) is 36.4 Å². The summed E-state index contributed by atoms with van der Waals surface area (Å²) in [5.41, 5.74) is 1.01. The minimum absolute atomic E-state index is 0.332. The Bertz CT molecular complexity index is 717. The number of thiophene rings is 1. The number of aromatic nitrogens is 1. The van der Waals surface area contributed by atoms with Crippen molar-refractivity contribution in [2.75, 3.05) is 11.3 Å². The second-order valence-electron chi connectivity index (χ2n) is 4.96. The van der Waals surface area contributed by atoms with Gasteiger partial charge in [-0.05, 0) is 31.5 Å². The summed E-state index contributed by atoms with van der Waals surface area (Å²) in [6.07, 6.45) is 2.32. The number of anilines is 1. The first-order valence-corrected chi connectivity index (χ1v) is 10.0. The predicted octanol–water partition coefficient (Wildman–Crippen LogP) is 2.99. The van der Waals surface area contributed by atoms with E-state index in [4.69, 9.17) is 0 Å². The number of thiazole rings is 1. The fraction of sp³-hybridized carbons (Fsp3) is 0.462. The molecular formula is C13H17N3O2S3. The maximum atomic E-state index is 12.3. The van der Waals surface area contributed by atoms with E-state index in [9.17, 15) is 8.42 Å². The Hall–Kier alpha value is -0.960. The zero-order valence-corrected chi connectivity index (χ0v) is 14.1. The van der Waals surface area contributed by atoms with E-state index in [1.165, 1.54) is 22.7 Å². The number of nitrogens with one attached hydrogen (secondary N) is 2. The Kier molecular flexibility index (Phi) is 4.30. The Morgan fingerprint density at radius 1 is 1.38 bits per heavy atom. The Morgan fingerprint density at radius 3 is 2.90 bits per heavy atom. The molecule has 1 fully saturated rings. The molecule has 0 aliphatic heterocycles. The third-order valence-corrected chi connectivity index (χ3v) is 7.01. The van der Waals surface area contributed by atoms with Gasteiger partial charge in [0, 0.05) is 22.7 Å². The van der Waals surface area contributed by atoms with Crippen molar-refractivity contribution in [3.05, 3.63) is 28.1 Å². The molecule has 1 aliphatic carbocycles. The van der Waals surface area contributed by atoms with Gasteiger partial charge in [0.05, 0.1) is 5.69 Å². The number of nitrogens with zero attached hydrogens (tertiary/aromatic N) is 1. The maximum absolute atomic E-state index is 12.3. The van der Waals surface area contributed by atoms with Crippen LogP contribution in [0.25, 0.3) is 0 Å². The van der Waals surface area contributed by atoms with E-state index in [1.54, 1.807) is 6.07 Å². The Morgan fingerprint density at radius 2 is 2.19 bits per heavy atom. The van der Waals surface area contributed by atoms with E-state index in [0.29, 0.717) is 21.8 Å². The molecule has 1 aliphatic rings. The van der Waals surface area contributed by atoms with Gasteiger partial charge in [0.15, 0.2) is 5.13 Å². The van der Waals surface area contributed by atoms with Crippen LogP contribution in [0.15, 0.2) is 21.7 Å². The van der Waals surface area contributed by atoms with Gasteiger partial charge in [-0.3, -0.25) is 4.72 Å². The smallest absolute Gasteiger partial charge is 0.273 e. The van der Waals surface area contributed by atoms with Gasteiger partial charge in [0.2, 0.25) is 0 Å². The summed E-state index contributed by atoms with van der Waals surface area (Å²) in [6.45, 7) is 3.58. The highest BCUT2D eigenvalue weighted by Gasteiger charge is 2.27. The molecule has 0 amide bonds. The highest BCUT2D eigenvalue weighted by molar-refractivity contribution is 7.94. The molecule has 0 radical (unpaired) electrons. The Balaban J connectivity index is 1.71. The van der Waals surface area contributed by atoms with Crippen LogP contribution in [0.2, 0.25) is 0 Å². The lowest BCUT2D eigenvalue weighted by Gasteiger charge is -2.02. The molecule has 0 saturated heterocycles. The standard InChI is InChI=1S/C13H17N3O2S3/c1-2-14-7-10-5-6-12(20-10)21(17,18)16-13-15-11(8-19-13)9-3-4-9/h5-6,8-9,14H,2-4,7H2,1H3,(H,15,16). The quantitative estimate of drug-likeness (QED) is 0.811. The fourth-order valence-electron chi connectivity index (χ4n) is 1.91. The Labute approximate surface area is 132 Å². The number of rotatable bonds is 7.